The van der Waals surface area contributed by atoms with Crippen molar-refractivity contribution in [1.82, 2.24) is 14.8 Å². The number of halogens is 4. The molecule has 1 aromatic heterocycles. The summed E-state index contributed by atoms with van der Waals surface area (Å²) in [5.41, 5.74) is 4.02. The van der Waals surface area contributed by atoms with Crippen molar-refractivity contribution in [2.24, 2.45) is 0 Å². The second-order valence-corrected chi connectivity index (χ2v) is 12.3. The summed E-state index contributed by atoms with van der Waals surface area (Å²) in [6.45, 7) is 4.52. The van der Waals surface area contributed by atoms with Crippen LogP contribution in [0.1, 0.15) is 22.3 Å². The van der Waals surface area contributed by atoms with Crippen molar-refractivity contribution in [2.75, 3.05) is 32.8 Å². The maximum absolute atomic E-state index is 13.1. The summed E-state index contributed by atoms with van der Waals surface area (Å²) in [5, 5.41) is 0.387. The molecule has 1 amide bonds. The van der Waals surface area contributed by atoms with Crippen molar-refractivity contribution in [3.8, 4) is 23.1 Å². The molecule has 1 aliphatic rings. The molecule has 51 heavy (non-hydrogen) atoms. The molecule has 5 aromatic rings. The Hall–Kier alpha value is -4.96. The van der Waals surface area contributed by atoms with Crippen LogP contribution in [-0.4, -0.2) is 53.5 Å². The molecule has 1 fully saturated rings. The average Bonchev–Trinajstić information content (AvgIpc) is 3.14. The lowest BCUT2D eigenvalue weighted by Crippen LogP contribution is -2.47. The van der Waals surface area contributed by atoms with Crippen LogP contribution >= 0.6 is 24.0 Å². The van der Waals surface area contributed by atoms with Gasteiger partial charge in [0.15, 0.2) is 0 Å². The zero-order chi connectivity index (χ0) is 34.7. The van der Waals surface area contributed by atoms with Gasteiger partial charge in [-0.3, -0.25) is 9.69 Å². The summed E-state index contributed by atoms with van der Waals surface area (Å²) in [5.74, 6) is 1.38. The third kappa shape index (κ3) is 11.3. The Balaban J connectivity index is 0.00000504. The van der Waals surface area contributed by atoms with Gasteiger partial charge in [0.25, 0.3) is 0 Å². The molecule has 7 nitrogen and oxygen atoms in total. The van der Waals surface area contributed by atoms with Gasteiger partial charge in [-0.2, -0.15) is 0 Å². The maximum Gasteiger partial charge on any atom is 0.246 e. The third-order valence-corrected chi connectivity index (χ3v) is 8.50. The average molecular weight is 733 g/mol. The Morgan fingerprint density at radius 1 is 0.765 bits per heavy atom. The van der Waals surface area contributed by atoms with Gasteiger partial charge < -0.3 is 19.1 Å². The van der Waals surface area contributed by atoms with Crippen molar-refractivity contribution in [1.29, 1.82) is 0 Å². The number of pyridine rings is 1. The van der Waals surface area contributed by atoms with Crippen molar-refractivity contribution < 1.29 is 27.8 Å². The van der Waals surface area contributed by atoms with E-state index in [2.05, 4.69) is 34.1 Å². The minimum Gasteiger partial charge on any atom is -0.493 e. The number of amides is 1. The topological polar surface area (TPSA) is 64.1 Å². The molecule has 0 N–H and O–H groups in total. The van der Waals surface area contributed by atoms with Gasteiger partial charge in [0.1, 0.15) is 35.5 Å². The molecule has 264 valence electrons. The van der Waals surface area contributed by atoms with Crippen LogP contribution in [0.2, 0.25) is 5.02 Å². The zero-order valence-corrected chi connectivity index (χ0v) is 29.3. The first kappa shape index (κ1) is 37.3. The van der Waals surface area contributed by atoms with Crippen molar-refractivity contribution in [3.05, 3.63) is 154 Å². The molecule has 0 atom stereocenters. The monoisotopic (exact) mass is 731 g/mol. The number of hydrogen-bond acceptors (Lipinski definition) is 6. The second-order valence-electron chi connectivity index (χ2n) is 11.8. The highest BCUT2D eigenvalue weighted by molar-refractivity contribution is 6.32. The summed E-state index contributed by atoms with van der Waals surface area (Å²) in [6, 6.07) is 29.4. The summed E-state index contributed by atoms with van der Waals surface area (Å²) in [7, 11) is 0. The Morgan fingerprint density at radius 2 is 1.41 bits per heavy atom. The Labute approximate surface area is 307 Å². The molecule has 0 aliphatic carbocycles. The van der Waals surface area contributed by atoms with Crippen molar-refractivity contribution >= 4 is 36.0 Å². The number of aromatic nitrogens is 1. The smallest absolute Gasteiger partial charge is 0.246 e. The van der Waals surface area contributed by atoms with E-state index in [1.54, 1.807) is 66.9 Å². The number of ether oxygens (including phenoxy) is 3. The summed E-state index contributed by atoms with van der Waals surface area (Å²) in [4.78, 5) is 21.4. The molecule has 0 radical (unpaired) electrons. The van der Waals surface area contributed by atoms with Gasteiger partial charge in [-0.1, -0.05) is 54.1 Å². The highest BCUT2D eigenvalue weighted by Crippen LogP contribution is 2.30. The van der Waals surface area contributed by atoms with Gasteiger partial charge in [0, 0.05) is 51.3 Å². The Morgan fingerprint density at radius 3 is 2.08 bits per heavy atom. The number of piperazine rings is 1. The van der Waals surface area contributed by atoms with Gasteiger partial charge in [0.05, 0.1) is 17.8 Å². The van der Waals surface area contributed by atoms with Gasteiger partial charge in [-0.05, 0) is 82.9 Å². The highest BCUT2D eigenvalue weighted by Gasteiger charge is 2.19. The maximum atomic E-state index is 13.1. The minimum absolute atomic E-state index is 0. The predicted octanol–water partition coefficient (Wildman–Crippen LogP) is 8.79. The summed E-state index contributed by atoms with van der Waals surface area (Å²) in [6.07, 6.45) is 5.64. The minimum atomic E-state index is -0.293. The van der Waals surface area contributed by atoms with Gasteiger partial charge >= 0.3 is 0 Å². The Kier molecular flexibility index (Phi) is 13.4. The fourth-order valence-electron chi connectivity index (χ4n) is 5.36. The lowest BCUT2D eigenvalue weighted by atomic mass is 10.1. The number of hydrogen-bond donors (Lipinski definition) is 0. The van der Waals surface area contributed by atoms with Crippen LogP contribution in [0.15, 0.2) is 115 Å². The van der Waals surface area contributed by atoms with Gasteiger partial charge in [-0.25, -0.2) is 13.8 Å². The number of nitrogens with zero attached hydrogens (tertiary/aromatic N) is 3. The zero-order valence-electron chi connectivity index (χ0n) is 27.7. The Bertz CT molecular complexity index is 1880. The molecule has 1 aliphatic heterocycles. The van der Waals surface area contributed by atoms with Gasteiger partial charge in [0.2, 0.25) is 11.8 Å². The molecule has 6 rings (SSSR count). The number of carbonyl (C=O) groups is 1. The van der Waals surface area contributed by atoms with Crippen LogP contribution in [-0.2, 0) is 24.4 Å². The van der Waals surface area contributed by atoms with E-state index in [-0.39, 0.29) is 36.6 Å². The standard InChI is InChI=1S/C40H36ClF2N3O4.ClH/c41-37-25-30(7-16-38(37)50-39-17-15-36(26-44-39)49-28-32-5-9-33(42)10-6-32)8-18-40(47)46-22-20-45(21-23-46)27-31-3-1-29(2-4-31)19-24-48-35-13-11-34(43)12-14-35;/h1-18,25-26H,19-24,27-28H2;1H. The molecule has 4 aromatic carbocycles. The van der Waals surface area contributed by atoms with E-state index in [0.717, 1.165) is 37.2 Å². The van der Waals surface area contributed by atoms with Crippen LogP contribution in [0.3, 0.4) is 0 Å². The van der Waals surface area contributed by atoms with E-state index in [1.165, 1.54) is 35.4 Å². The molecule has 0 saturated carbocycles. The lowest BCUT2D eigenvalue weighted by Gasteiger charge is -2.34. The molecular weight excluding hydrogens is 695 g/mol. The first-order valence-electron chi connectivity index (χ1n) is 16.3. The first-order valence-corrected chi connectivity index (χ1v) is 16.7. The van der Waals surface area contributed by atoms with Gasteiger partial charge in [-0.15, -0.1) is 12.4 Å². The number of rotatable bonds is 13. The SMILES string of the molecule is Cl.O=C(C=Cc1ccc(Oc2ccc(OCc3ccc(F)cc3)cn2)c(Cl)c1)N1CCN(Cc2ccc(CCOc3ccc(F)cc3)cc2)CC1. The van der Waals surface area contributed by atoms with Crippen LogP contribution < -0.4 is 14.2 Å². The van der Waals surface area contributed by atoms with E-state index in [4.69, 9.17) is 25.8 Å². The van der Waals surface area contributed by atoms with E-state index in [1.807, 2.05) is 11.0 Å². The van der Waals surface area contributed by atoms with E-state index < -0.39 is 0 Å². The highest BCUT2D eigenvalue weighted by atomic mass is 35.5. The second kappa shape index (κ2) is 18.3. The first-order chi connectivity index (χ1) is 24.4. The quantitative estimate of drug-likeness (QED) is 0.113. The van der Waals surface area contributed by atoms with Crippen molar-refractivity contribution in [3.63, 3.8) is 0 Å². The van der Waals surface area contributed by atoms with E-state index in [9.17, 15) is 13.6 Å². The van der Waals surface area contributed by atoms with Crippen LogP contribution in [0.4, 0.5) is 8.78 Å². The molecule has 0 bridgehead atoms. The molecule has 2 heterocycles. The largest absolute Gasteiger partial charge is 0.493 e. The predicted molar refractivity (Wildman–Crippen MR) is 197 cm³/mol. The molecule has 1 saturated heterocycles. The number of carbonyl (C=O) groups excluding carboxylic acids is 1. The fraction of sp³-hybridized carbons (Fsp3) is 0.200. The van der Waals surface area contributed by atoms with Crippen LogP contribution in [0, 0.1) is 11.6 Å². The third-order valence-electron chi connectivity index (χ3n) is 8.20. The normalized spacial score (nSPS) is 13.1. The molecule has 0 spiro atoms. The molecule has 11 heteroatoms. The van der Waals surface area contributed by atoms with Crippen molar-refractivity contribution in [2.45, 2.75) is 19.6 Å². The van der Waals surface area contributed by atoms with Crippen LogP contribution in [0.25, 0.3) is 6.08 Å². The summed E-state index contributed by atoms with van der Waals surface area (Å²) >= 11 is 6.49. The van der Waals surface area contributed by atoms with Crippen LogP contribution in [0.5, 0.6) is 23.1 Å². The fourth-order valence-corrected chi connectivity index (χ4v) is 5.59. The number of benzene rings is 4. The molecule has 0 unspecified atom stereocenters. The lowest BCUT2D eigenvalue weighted by molar-refractivity contribution is -0.127. The molecular formula is C40H37Cl2F2N3O4. The van der Waals surface area contributed by atoms with E-state index in [0.29, 0.717) is 47.8 Å². The summed E-state index contributed by atoms with van der Waals surface area (Å²) < 4.78 is 43.4. The van der Waals surface area contributed by atoms with E-state index >= 15 is 0 Å².